The molecule has 0 aliphatic heterocycles. The average molecular weight is 214 g/mol. The average Bonchev–Trinajstić information content (AvgIpc) is 2.20. The van der Waals surface area contributed by atoms with Crippen LogP contribution in [0.4, 0.5) is 0 Å². The van der Waals surface area contributed by atoms with Gasteiger partial charge in [0, 0.05) is 25.0 Å². The van der Waals surface area contributed by atoms with Crippen LogP contribution in [-0.2, 0) is 9.53 Å². The van der Waals surface area contributed by atoms with E-state index < -0.39 is 0 Å². The second kappa shape index (κ2) is 4.94. The van der Waals surface area contributed by atoms with E-state index in [0.29, 0.717) is 13.0 Å². The molecule has 0 spiro atoms. The predicted molar refractivity (Wildman–Crippen MR) is 59.4 cm³/mol. The van der Waals surface area contributed by atoms with Crippen molar-refractivity contribution in [2.24, 2.45) is 11.1 Å². The van der Waals surface area contributed by atoms with E-state index >= 15 is 0 Å². The van der Waals surface area contributed by atoms with Crippen LogP contribution in [0.3, 0.4) is 0 Å². The number of ether oxygens (including phenoxy) is 1. The fourth-order valence-electron chi connectivity index (χ4n) is 2.06. The summed E-state index contributed by atoms with van der Waals surface area (Å²) in [5, 5.41) is 3.03. The zero-order valence-electron chi connectivity index (χ0n) is 9.88. The molecule has 4 heteroatoms. The Kier molecular flexibility index (Phi) is 4.11. The Balaban J connectivity index is 2.32. The first-order valence-corrected chi connectivity index (χ1v) is 5.54. The van der Waals surface area contributed by atoms with Crippen LogP contribution in [0.15, 0.2) is 0 Å². The van der Waals surface area contributed by atoms with Crippen molar-refractivity contribution >= 4 is 5.91 Å². The second-order valence-electron chi connectivity index (χ2n) is 4.79. The van der Waals surface area contributed by atoms with Gasteiger partial charge in [0.25, 0.3) is 0 Å². The lowest BCUT2D eigenvalue weighted by molar-refractivity contribution is -0.132. The number of methoxy groups -OCH3 is 1. The van der Waals surface area contributed by atoms with Crippen LogP contribution in [0.2, 0.25) is 0 Å². The van der Waals surface area contributed by atoms with Crippen LogP contribution >= 0.6 is 0 Å². The summed E-state index contributed by atoms with van der Waals surface area (Å²) in [5.41, 5.74) is 5.40. The summed E-state index contributed by atoms with van der Waals surface area (Å²) in [6, 6.07) is 0.243. The first-order valence-electron chi connectivity index (χ1n) is 5.54. The van der Waals surface area contributed by atoms with Crippen molar-refractivity contribution in [2.45, 2.75) is 45.3 Å². The molecule has 88 valence electrons. The molecule has 1 rings (SSSR count). The van der Waals surface area contributed by atoms with Crippen LogP contribution in [0.25, 0.3) is 0 Å². The van der Waals surface area contributed by atoms with Crippen LogP contribution in [0.1, 0.15) is 33.1 Å². The molecule has 0 aromatic carbocycles. The monoisotopic (exact) mass is 214 g/mol. The molecule has 0 saturated heterocycles. The molecule has 1 saturated carbocycles. The number of nitrogens with one attached hydrogen (secondary N) is 1. The number of carbonyl (C=O) groups is 1. The zero-order chi connectivity index (χ0) is 11.5. The van der Waals surface area contributed by atoms with Crippen LogP contribution in [0.5, 0.6) is 0 Å². The van der Waals surface area contributed by atoms with Crippen LogP contribution in [-0.4, -0.2) is 31.7 Å². The Morgan fingerprint density at radius 1 is 1.60 bits per heavy atom. The molecule has 2 unspecified atom stereocenters. The van der Waals surface area contributed by atoms with E-state index in [-0.39, 0.29) is 23.5 Å². The van der Waals surface area contributed by atoms with Crippen molar-refractivity contribution in [3.8, 4) is 0 Å². The summed E-state index contributed by atoms with van der Waals surface area (Å²) in [6.45, 7) is 4.82. The van der Waals surface area contributed by atoms with Crippen molar-refractivity contribution in [3.63, 3.8) is 0 Å². The number of hydrogen-bond acceptors (Lipinski definition) is 3. The van der Waals surface area contributed by atoms with Gasteiger partial charge in [-0.05, 0) is 19.4 Å². The maximum atomic E-state index is 11.5. The predicted octanol–water partition coefficient (Wildman–Crippen LogP) is 0.655. The van der Waals surface area contributed by atoms with Gasteiger partial charge in [0.15, 0.2) is 0 Å². The van der Waals surface area contributed by atoms with Gasteiger partial charge >= 0.3 is 0 Å². The lowest BCUT2D eigenvalue weighted by Crippen LogP contribution is -2.61. The highest BCUT2D eigenvalue weighted by atomic mass is 16.5. The van der Waals surface area contributed by atoms with Gasteiger partial charge in [0.05, 0.1) is 6.10 Å². The van der Waals surface area contributed by atoms with E-state index in [1.807, 2.05) is 0 Å². The van der Waals surface area contributed by atoms with E-state index in [1.54, 1.807) is 7.11 Å². The van der Waals surface area contributed by atoms with Gasteiger partial charge in [-0.2, -0.15) is 0 Å². The summed E-state index contributed by atoms with van der Waals surface area (Å²) < 4.78 is 5.32. The minimum absolute atomic E-state index is 0.0487. The molecule has 0 radical (unpaired) electrons. The van der Waals surface area contributed by atoms with Crippen molar-refractivity contribution < 1.29 is 9.53 Å². The van der Waals surface area contributed by atoms with Gasteiger partial charge in [-0.15, -0.1) is 0 Å². The number of nitrogens with two attached hydrogens (primary N) is 1. The first-order chi connectivity index (χ1) is 7.02. The van der Waals surface area contributed by atoms with E-state index in [4.69, 9.17) is 10.5 Å². The number of hydrogen-bond donors (Lipinski definition) is 2. The van der Waals surface area contributed by atoms with Gasteiger partial charge < -0.3 is 15.8 Å². The van der Waals surface area contributed by atoms with E-state index in [1.165, 1.54) is 0 Å². The Morgan fingerprint density at radius 2 is 2.27 bits per heavy atom. The third kappa shape index (κ3) is 2.69. The maximum Gasteiger partial charge on any atom is 0.220 e. The Bertz CT molecular complexity index is 229. The molecule has 4 nitrogen and oxygen atoms in total. The molecule has 0 aromatic rings. The standard InChI is InChI=1S/C11H22N2O2/c1-11(2)8(7-9(11)15-3)13-10(14)5-4-6-12/h8-9H,4-7,12H2,1-3H3,(H,13,14). The summed E-state index contributed by atoms with van der Waals surface area (Å²) >= 11 is 0. The molecule has 3 N–H and O–H groups in total. The van der Waals surface area contributed by atoms with Crippen molar-refractivity contribution in [3.05, 3.63) is 0 Å². The third-order valence-electron chi connectivity index (χ3n) is 3.41. The van der Waals surface area contributed by atoms with Gasteiger partial charge in [0.1, 0.15) is 0 Å². The Morgan fingerprint density at radius 3 is 2.73 bits per heavy atom. The smallest absolute Gasteiger partial charge is 0.220 e. The summed E-state index contributed by atoms with van der Waals surface area (Å²) in [5.74, 6) is 0.105. The van der Waals surface area contributed by atoms with Gasteiger partial charge in [-0.1, -0.05) is 13.8 Å². The molecule has 0 aromatic heterocycles. The number of rotatable bonds is 5. The largest absolute Gasteiger partial charge is 0.381 e. The van der Waals surface area contributed by atoms with Crippen molar-refractivity contribution in [1.29, 1.82) is 0 Å². The quantitative estimate of drug-likeness (QED) is 0.706. The van der Waals surface area contributed by atoms with Crippen LogP contribution < -0.4 is 11.1 Å². The normalized spacial score (nSPS) is 28.3. The first kappa shape index (κ1) is 12.5. The molecule has 1 fully saturated rings. The van der Waals surface area contributed by atoms with E-state index in [0.717, 1.165) is 12.8 Å². The third-order valence-corrected chi connectivity index (χ3v) is 3.41. The molecule has 0 bridgehead atoms. The lowest BCUT2D eigenvalue weighted by Gasteiger charge is -2.51. The van der Waals surface area contributed by atoms with Crippen LogP contribution in [0, 0.1) is 5.41 Å². The SMILES string of the molecule is COC1CC(NC(=O)CCCN)C1(C)C. The van der Waals surface area contributed by atoms with Crippen molar-refractivity contribution in [1.82, 2.24) is 5.32 Å². The maximum absolute atomic E-state index is 11.5. The molecule has 1 amide bonds. The van der Waals surface area contributed by atoms with Gasteiger partial charge in [-0.3, -0.25) is 4.79 Å². The summed E-state index contributed by atoms with van der Waals surface area (Å²) in [4.78, 5) is 11.5. The molecular formula is C11H22N2O2. The van der Waals surface area contributed by atoms with Gasteiger partial charge in [-0.25, -0.2) is 0 Å². The number of carbonyl (C=O) groups excluding carboxylic acids is 1. The fourth-order valence-corrected chi connectivity index (χ4v) is 2.06. The molecule has 2 atom stereocenters. The molecule has 0 heterocycles. The van der Waals surface area contributed by atoms with Crippen molar-refractivity contribution in [2.75, 3.05) is 13.7 Å². The van der Waals surface area contributed by atoms with Gasteiger partial charge in [0.2, 0.25) is 5.91 Å². The highest BCUT2D eigenvalue weighted by Gasteiger charge is 2.49. The molecule has 1 aliphatic carbocycles. The van der Waals surface area contributed by atoms with E-state index in [2.05, 4.69) is 19.2 Å². The zero-order valence-corrected chi connectivity index (χ0v) is 9.88. The minimum Gasteiger partial charge on any atom is -0.381 e. The topological polar surface area (TPSA) is 64.3 Å². The second-order valence-corrected chi connectivity index (χ2v) is 4.79. The molecule has 1 aliphatic rings. The fraction of sp³-hybridized carbons (Fsp3) is 0.909. The minimum atomic E-state index is 0.0487. The summed E-state index contributed by atoms with van der Waals surface area (Å²) in [7, 11) is 1.72. The summed E-state index contributed by atoms with van der Waals surface area (Å²) in [6.07, 6.45) is 2.46. The highest BCUT2D eigenvalue weighted by Crippen LogP contribution is 2.42. The van der Waals surface area contributed by atoms with E-state index in [9.17, 15) is 4.79 Å². The number of amides is 1. The Labute approximate surface area is 91.5 Å². The lowest BCUT2D eigenvalue weighted by atomic mass is 9.64. The Hall–Kier alpha value is -0.610. The molecular weight excluding hydrogens is 192 g/mol. The molecule has 15 heavy (non-hydrogen) atoms. The highest BCUT2D eigenvalue weighted by molar-refractivity contribution is 5.76.